The van der Waals surface area contributed by atoms with Gasteiger partial charge >= 0.3 is 6.18 Å². The largest absolute Gasteiger partial charge is 0.416 e. The molecule has 0 aromatic carbocycles. The van der Waals surface area contributed by atoms with Crippen molar-refractivity contribution in [2.24, 2.45) is 0 Å². The van der Waals surface area contributed by atoms with Crippen LogP contribution in [-0.4, -0.2) is 18.1 Å². The molecule has 0 N–H and O–H groups in total. The van der Waals surface area contributed by atoms with Crippen LogP contribution in [0.15, 0.2) is 12.1 Å². The molecule has 1 aliphatic rings. The highest BCUT2D eigenvalue weighted by Gasteiger charge is 2.32. The molecule has 2 rings (SSSR count). The van der Waals surface area contributed by atoms with E-state index in [-0.39, 0.29) is 5.15 Å². The molecule has 1 aliphatic heterocycles. The lowest BCUT2D eigenvalue weighted by atomic mass is 10.2. The van der Waals surface area contributed by atoms with Crippen molar-refractivity contribution in [1.82, 2.24) is 4.98 Å². The first-order chi connectivity index (χ1) is 8.47. The molecule has 0 radical (unpaired) electrons. The second kappa shape index (κ2) is 5.34. The van der Waals surface area contributed by atoms with Crippen molar-refractivity contribution in [2.45, 2.75) is 31.9 Å². The predicted octanol–water partition coefficient (Wildman–Crippen LogP) is 4.13. The summed E-state index contributed by atoms with van der Waals surface area (Å²) < 4.78 is 38.1. The molecular weight excluding hydrogens is 265 g/mol. The smallest absolute Gasteiger partial charge is 0.357 e. The normalized spacial score (nSPS) is 17.7. The SMILES string of the molecule is FC(F)(F)c1cc(Cl)nc(N2CCCCCC2)c1. The van der Waals surface area contributed by atoms with Crippen molar-refractivity contribution >= 4 is 17.4 Å². The Morgan fingerprint density at radius 3 is 2.22 bits per heavy atom. The Kier molecular flexibility index (Phi) is 4.00. The fourth-order valence-electron chi connectivity index (χ4n) is 2.11. The third-order valence-corrected chi connectivity index (χ3v) is 3.23. The number of anilines is 1. The van der Waals surface area contributed by atoms with E-state index in [0.29, 0.717) is 5.82 Å². The molecule has 0 atom stereocenters. The maximum absolute atomic E-state index is 12.7. The molecule has 1 saturated heterocycles. The Balaban J connectivity index is 2.29. The number of nitrogens with zero attached hydrogens (tertiary/aromatic N) is 2. The number of pyridine rings is 1. The van der Waals surface area contributed by atoms with Crippen LogP contribution < -0.4 is 4.90 Å². The van der Waals surface area contributed by atoms with Crippen LogP contribution in [0.5, 0.6) is 0 Å². The molecular formula is C12H14ClF3N2. The van der Waals surface area contributed by atoms with E-state index in [2.05, 4.69) is 4.98 Å². The standard InChI is InChI=1S/C12H14ClF3N2/c13-10-7-9(12(14,15)16)8-11(17-10)18-5-3-1-2-4-6-18/h7-8H,1-6H2. The van der Waals surface area contributed by atoms with E-state index in [1.54, 1.807) is 0 Å². The highest BCUT2D eigenvalue weighted by atomic mass is 35.5. The Labute approximate surface area is 109 Å². The summed E-state index contributed by atoms with van der Waals surface area (Å²) in [6, 6.07) is 1.94. The second-order valence-corrected chi connectivity index (χ2v) is 4.82. The first kappa shape index (κ1) is 13.5. The van der Waals surface area contributed by atoms with Crippen molar-refractivity contribution in [2.75, 3.05) is 18.0 Å². The maximum Gasteiger partial charge on any atom is 0.416 e. The summed E-state index contributed by atoms with van der Waals surface area (Å²) in [5.74, 6) is 0.330. The molecule has 0 spiro atoms. The van der Waals surface area contributed by atoms with Gasteiger partial charge in [0.2, 0.25) is 0 Å². The van der Waals surface area contributed by atoms with E-state index in [1.807, 2.05) is 4.90 Å². The summed E-state index contributed by atoms with van der Waals surface area (Å²) in [6.45, 7) is 1.48. The number of hydrogen-bond acceptors (Lipinski definition) is 2. The van der Waals surface area contributed by atoms with Gasteiger partial charge in [0.05, 0.1) is 5.56 Å². The molecule has 1 aromatic rings. The minimum Gasteiger partial charge on any atom is -0.357 e. The van der Waals surface area contributed by atoms with Crippen molar-refractivity contribution in [3.05, 3.63) is 22.8 Å². The monoisotopic (exact) mass is 278 g/mol. The molecule has 100 valence electrons. The number of hydrogen-bond donors (Lipinski definition) is 0. The third kappa shape index (κ3) is 3.28. The Morgan fingerprint density at radius 2 is 1.67 bits per heavy atom. The topological polar surface area (TPSA) is 16.1 Å². The van der Waals surface area contributed by atoms with Gasteiger partial charge in [-0.3, -0.25) is 0 Å². The van der Waals surface area contributed by atoms with E-state index < -0.39 is 11.7 Å². The average molecular weight is 279 g/mol. The van der Waals surface area contributed by atoms with Gasteiger partial charge in [-0.2, -0.15) is 13.2 Å². The Bertz CT molecular complexity index is 412. The van der Waals surface area contributed by atoms with Crippen LogP contribution in [0.3, 0.4) is 0 Å². The number of halogens is 4. The quantitative estimate of drug-likeness (QED) is 0.718. The number of alkyl halides is 3. The fraction of sp³-hybridized carbons (Fsp3) is 0.583. The lowest BCUT2D eigenvalue weighted by molar-refractivity contribution is -0.137. The minimum atomic E-state index is -4.38. The van der Waals surface area contributed by atoms with Crippen LogP contribution in [0.2, 0.25) is 5.15 Å². The van der Waals surface area contributed by atoms with Crippen LogP contribution in [0.4, 0.5) is 19.0 Å². The van der Waals surface area contributed by atoms with Crippen LogP contribution >= 0.6 is 11.6 Å². The molecule has 0 bridgehead atoms. The average Bonchev–Trinajstić information content (AvgIpc) is 2.55. The molecule has 18 heavy (non-hydrogen) atoms. The predicted molar refractivity (Wildman–Crippen MR) is 64.9 cm³/mol. The van der Waals surface area contributed by atoms with Crippen LogP contribution in [0.1, 0.15) is 31.2 Å². The van der Waals surface area contributed by atoms with Gasteiger partial charge in [-0.05, 0) is 25.0 Å². The Morgan fingerprint density at radius 1 is 1.06 bits per heavy atom. The maximum atomic E-state index is 12.7. The first-order valence-electron chi connectivity index (χ1n) is 5.96. The molecule has 1 aromatic heterocycles. The lowest BCUT2D eigenvalue weighted by Gasteiger charge is -2.22. The summed E-state index contributed by atoms with van der Waals surface area (Å²) in [7, 11) is 0. The molecule has 2 heterocycles. The lowest BCUT2D eigenvalue weighted by Crippen LogP contribution is -2.25. The minimum absolute atomic E-state index is 0.107. The van der Waals surface area contributed by atoms with E-state index >= 15 is 0 Å². The third-order valence-electron chi connectivity index (χ3n) is 3.04. The summed E-state index contributed by atoms with van der Waals surface area (Å²) in [5.41, 5.74) is -0.734. The van der Waals surface area contributed by atoms with Crippen LogP contribution in [0.25, 0.3) is 0 Å². The van der Waals surface area contributed by atoms with Crippen molar-refractivity contribution in [3.63, 3.8) is 0 Å². The van der Waals surface area contributed by atoms with Gasteiger partial charge in [0.15, 0.2) is 0 Å². The second-order valence-electron chi connectivity index (χ2n) is 4.44. The summed E-state index contributed by atoms with van der Waals surface area (Å²) in [5, 5.41) is -0.107. The zero-order valence-electron chi connectivity index (χ0n) is 9.80. The van der Waals surface area contributed by atoms with Gasteiger partial charge in [0.1, 0.15) is 11.0 Å². The van der Waals surface area contributed by atoms with Crippen molar-refractivity contribution in [1.29, 1.82) is 0 Å². The summed E-state index contributed by atoms with van der Waals surface area (Å²) >= 11 is 5.68. The number of rotatable bonds is 1. The Hall–Kier alpha value is -0.970. The number of aromatic nitrogens is 1. The summed E-state index contributed by atoms with van der Waals surface area (Å²) in [4.78, 5) is 5.89. The van der Waals surface area contributed by atoms with Crippen LogP contribution in [-0.2, 0) is 6.18 Å². The zero-order chi connectivity index (χ0) is 13.2. The zero-order valence-corrected chi connectivity index (χ0v) is 10.6. The van der Waals surface area contributed by atoms with E-state index in [9.17, 15) is 13.2 Å². The highest BCUT2D eigenvalue weighted by Crippen LogP contribution is 2.33. The molecule has 2 nitrogen and oxygen atoms in total. The highest BCUT2D eigenvalue weighted by molar-refractivity contribution is 6.29. The van der Waals surface area contributed by atoms with Gasteiger partial charge in [0.25, 0.3) is 0 Å². The molecule has 0 amide bonds. The van der Waals surface area contributed by atoms with Gasteiger partial charge in [-0.1, -0.05) is 24.4 Å². The van der Waals surface area contributed by atoms with Gasteiger partial charge < -0.3 is 4.90 Å². The van der Waals surface area contributed by atoms with Gasteiger partial charge in [-0.25, -0.2) is 4.98 Å². The van der Waals surface area contributed by atoms with E-state index in [4.69, 9.17) is 11.6 Å². The molecule has 0 unspecified atom stereocenters. The van der Waals surface area contributed by atoms with E-state index in [0.717, 1.165) is 50.9 Å². The molecule has 6 heteroatoms. The molecule has 1 fully saturated rings. The molecule has 0 saturated carbocycles. The van der Waals surface area contributed by atoms with Crippen molar-refractivity contribution < 1.29 is 13.2 Å². The van der Waals surface area contributed by atoms with Gasteiger partial charge in [-0.15, -0.1) is 0 Å². The first-order valence-corrected chi connectivity index (χ1v) is 6.34. The fourth-order valence-corrected chi connectivity index (χ4v) is 2.31. The van der Waals surface area contributed by atoms with E-state index in [1.165, 1.54) is 0 Å². The van der Waals surface area contributed by atoms with Gasteiger partial charge in [0, 0.05) is 13.1 Å². The summed E-state index contributed by atoms with van der Waals surface area (Å²) in [6.07, 6.45) is -0.190. The van der Waals surface area contributed by atoms with Crippen molar-refractivity contribution in [3.8, 4) is 0 Å². The van der Waals surface area contributed by atoms with Crippen LogP contribution in [0, 0.1) is 0 Å². The molecule has 0 aliphatic carbocycles.